The lowest BCUT2D eigenvalue weighted by molar-refractivity contribution is -0.384. The summed E-state index contributed by atoms with van der Waals surface area (Å²) in [4.78, 5) is 27.6. The highest BCUT2D eigenvalue weighted by molar-refractivity contribution is 6.10. The van der Waals surface area contributed by atoms with E-state index in [1.54, 1.807) is 30.3 Å². The summed E-state index contributed by atoms with van der Waals surface area (Å²) < 4.78 is 0. The highest BCUT2D eigenvalue weighted by atomic mass is 16.6. The predicted molar refractivity (Wildman–Crippen MR) is 111 cm³/mol. The fourth-order valence-corrected chi connectivity index (χ4v) is 3.13. The Morgan fingerprint density at radius 1 is 1.17 bits per heavy atom. The van der Waals surface area contributed by atoms with Gasteiger partial charge in [0.1, 0.15) is 11.6 Å². The number of carbonyl (C=O) groups excluding carboxylic acids is 1. The van der Waals surface area contributed by atoms with E-state index >= 15 is 0 Å². The van der Waals surface area contributed by atoms with Gasteiger partial charge in [-0.25, -0.2) is 0 Å². The molecule has 1 N–H and O–H groups in total. The minimum atomic E-state index is -0.561. The Morgan fingerprint density at radius 2 is 1.86 bits per heavy atom. The Hall–Kier alpha value is -3.70. The average Bonchev–Trinajstić information content (AvgIpc) is 2.73. The summed E-state index contributed by atoms with van der Waals surface area (Å²) in [6, 6.07) is 15.2. The summed E-state index contributed by atoms with van der Waals surface area (Å²) in [5, 5.41) is 23.4. The molecule has 1 saturated heterocycles. The molecule has 1 fully saturated rings. The number of piperazine rings is 1. The molecule has 0 atom stereocenters. The first-order valence-electron chi connectivity index (χ1n) is 9.18. The van der Waals surface area contributed by atoms with E-state index in [-0.39, 0.29) is 11.3 Å². The topological polar surface area (TPSA) is 103 Å². The highest BCUT2D eigenvalue weighted by Crippen LogP contribution is 2.28. The molecule has 2 aromatic rings. The van der Waals surface area contributed by atoms with Gasteiger partial charge in [0.15, 0.2) is 0 Å². The van der Waals surface area contributed by atoms with Crippen LogP contribution in [0.15, 0.2) is 54.1 Å². The van der Waals surface area contributed by atoms with Gasteiger partial charge in [-0.1, -0.05) is 18.2 Å². The van der Waals surface area contributed by atoms with Crippen molar-refractivity contribution in [2.45, 2.75) is 0 Å². The molecule has 1 aliphatic heterocycles. The Bertz CT molecular complexity index is 974. The quantitative estimate of drug-likeness (QED) is 0.364. The van der Waals surface area contributed by atoms with Crippen LogP contribution in [-0.2, 0) is 4.79 Å². The Balaban J connectivity index is 1.95. The lowest BCUT2D eigenvalue weighted by atomic mass is 10.1. The predicted octanol–water partition coefficient (Wildman–Crippen LogP) is 2.89. The van der Waals surface area contributed by atoms with Crippen molar-refractivity contribution in [3.63, 3.8) is 0 Å². The number of anilines is 2. The van der Waals surface area contributed by atoms with Gasteiger partial charge in [-0.2, -0.15) is 5.26 Å². The largest absolute Gasteiger partial charge is 0.368 e. The second kappa shape index (κ2) is 8.99. The van der Waals surface area contributed by atoms with Crippen molar-refractivity contribution >= 4 is 29.0 Å². The van der Waals surface area contributed by atoms with Crippen LogP contribution in [0.2, 0.25) is 0 Å². The maximum Gasteiger partial charge on any atom is 0.270 e. The van der Waals surface area contributed by atoms with Crippen LogP contribution >= 0.6 is 0 Å². The molecule has 1 amide bonds. The molecule has 0 bridgehead atoms. The third kappa shape index (κ3) is 4.97. The van der Waals surface area contributed by atoms with Crippen molar-refractivity contribution < 1.29 is 9.72 Å². The number of hydrogen-bond acceptors (Lipinski definition) is 6. The Labute approximate surface area is 168 Å². The maximum atomic E-state index is 12.5. The van der Waals surface area contributed by atoms with Gasteiger partial charge in [-0.3, -0.25) is 14.9 Å². The van der Waals surface area contributed by atoms with Crippen molar-refractivity contribution in [3.8, 4) is 6.07 Å². The lowest BCUT2D eigenvalue weighted by Gasteiger charge is -2.34. The fraction of sp³-hybridized carbons (Fsp3) is 0.238. The molecule has 29 heavy (non-hydrogen) atoms. The number of nitriles is 1. The number of amides is 1. The Kier molecular flexibility index (Phi) is 6.22. The summed E-state index contributed by atoms with van der Waals surface area (Å²) in [6.45, 7) is 3.24. The van der Waals surface area contributed by atoms with Gasteiger partial charge < -0.3 is 15.1 Å². The van der Waals surface area contributed by atoms with E-state index in [4.69, 9.17) is 0 Å². The monoisotopic (exact) mass is 391 g/mol. The van der Waals surface area contributed by atoms with Crippen LogP contribution in [-0.4, -0.2) is 49.0 Å². The second-order valence-electron chi connectivity index (χ2n) is 6.78. The molecule has 0 aliphatic carbocycles. The summed E-state index contributed by atoms with van der Waals surface area (Å²) >= 11 is 0. The van der Waals surface area contributed by atoms with Crippen LogP contribution in [0.5, 0.6) is 0 Å². The number of nitrogens with zero attached hydrogens (tertiary/aromatic N) is 4. The van der Waals surface area contributed by atoms with E-state index in [2.05, 4.69) is 15.1 Å². The van der Waals surface area contributed by atoms with Crippen molar-refractivity contribution in [2.75, 3.05) is 43.4 Å². The summed E-state index contributed by atoms with van der Waals surface area (Å²) in [5.74, 6) is -0.561. The normalized spacial score (nSPS) is 14.9. The average molecular weight is 391 g/mol. The zero-order chi connectivity index (χ0) is 20.8. The maximum absolute atomic E-state index is 12.5. The zero-order valence-corrected chi connectivity index (χ0v) is 16.0. The van der Waals surface area contributed by atoms with Gasteiger partial charge in [-0.05, 0) is 31.3 Å². The van der Waals surface area contributed by atoms with Crippen molar-refractivity contribution in [1.82, 2.24) is 4.90 Å². The number of hydrogen-bond donors (Lipinski definition) is 1. The number of carbonyl (C=O) groups is 1. The lowest BCUT2D eigenvalue weighted by Crippen LogP contribution is -2.44. The number of benzene rings is 2. The van der Waals surface area contributed by atoms with Crippen molar-refractivity contribution in [3.05, 3.63) is 69.8 Å². The van der Waals surface area contributed by atoms with Gasteiger partial charge >= 0.3 is 0 Å². The molecule has 148 valence electrons. The number of para-hydroxylation sites is 1. The van der Waals surface area contributed by atoms with E-state index in [1.165, 1.54) is 18.2 Å². The molecule has 0 unspecified atom stereocenters. The van der Waals surface area contributed by atoms with Crippen molar-refractivity contribution in [1.29, 1.82) is 5.26 Å². The van der Waals surface area contributed by atoms with E-state index in [0.717, 1.165) is 31.9 Å². The SMILES string of the molecule is CN1CCN(c2ccc([N+](=O)[O-])cc2/C=C(\C#N)C(=O)Nc2ccccc2)CC1. The van der Waals surface area contributed by atoms with Crippen LogP contribution in [0.1, 0.15) is 5.56 Å². The number of non-ortho nitro benzene ring substituents is 1. The highest BCUT2D eigenvalue weighted by Gasteiger charge is 2.20. The molecule has 3 rings (SSSR count). The van der Waals surface area contributed by atoms with E-state index in [1.807, 2.05) is 19.2 Å². The number of likely N-dealkylation sites (N-methyl/N-ethyl adjacent to an activating group) is 1. The minimum Gasteiger partial charge on any atom is -0.368 e. The number of rotatable bonds is 5. The molecule has 8 heteroatoms. The van der Waals surface area contributed by atoms with Gasteiger partial charge in [0.2, 0.25) is 0 Å². The summed E-state index contributed by atoms with van der Waals surface area (Å²) in [6.07, 6.45) is 1.42. The number of nitro benzene ring substituents is 1. The molecule has 1 aliphatic rings. The molecule has 2 aromatic carbocycles. The zero-order valence-electron chi connectivity index (χ0n) is 16.0. The van der Waals surface area contributed by atoms with E-state index < -0.39 is 10.8 Å². The number of nitro groups is 1. The van der Waals surface area contributed by atoms with Crippen molar-refractivity contribution in [2.24, 2.45) is 0 Å². The fourth-order valence-electron chi connectivity index (χ4n) is 3.13. The van der Waals surface area contributed by atoms with Gasteiger partial charge in [0, 0.05) is 55.2 Å². The molecule has 8 nitrogen and oxygen atoms in total. The third-order valence-corrected chi connectivity index (χ3v) is 4.76. The molecular weight excluding hydrogens is 370 g/mol. The summed E-state index contributed by atoms with van der Waals surface area (Å²) in [7, 11) is 2.04. The van der Waals surface area contributed by atoms with Crippen LogP contribution in [0.3, 0.4) is 0 Å². The molecular formula is C21H21N5O3. The molecule has 0 spiro atoms. The second-order valence-corrected chi connectivity index (χ2v) is 6.78. The smallest absolute Gasteiger partial charge is 0.270 e. The first-order valence-corrected chi connectivity index (χ1v) is 9.18. The van der Waals surface area contributed by atoms with E-state index in [9.17, 15) is 20.2 Å². The van der Waals surface area contributed by atoms with Crippen LogP contribution < -0.4 is 10.2 Å². The molecule has 0 saturated carbocycles. The van der Waals surface area contributed by atoms with Crippen LogP contribution in [0, 0.1) is 21.4 Å². The molecule has 1 heterocycles. The van der Waals surface area contributed by atoms with Gasteiger partial charge in [-0.15, -0.1) is 0 Å². The minimum absolute atomic E-state index is 0.0881. The van der Waals surface area contributed by atoms with Crippen LogP contribution in [0.4, 0.5) is 17.1 Å². The Morgan fingerprint density at radius 3 is 2.48 bits per heavy atom. The summed E-state index contributed by atoms with van der Waals surface area (Å²) in [5.41, 5.74) is 1.60. The standard InChI is InChI=1S/C21H21N5O3/c1-24-9-11-25(12-10-24)20-8-7-19(26(28)29)14-16(20)13-17(15-22)21(27)23-18-5-3-2-4-6-18/h2-8,13-14H,9-12H2,1H3,(H,23,27)/b17-13+. The first-order chi connectivity index (χ1) is 14.0. The number of nitrogens with one attached hydrogen (secondary N) is 1. The van der Waals surface area contributed by atoms with Gasteiger partial charge in [0.25, 0.3) is 11.6 Å². The van der Waals surface area contributed by atoms with Gasteiger partial charge in [0.05, 0.1) is 4.92 Å². The van der Waals surface area contributed by atoms with Crippen LogP contribution in [0.25, 0.3) is 6.08 Å². The first kappa shape index (κ1) is 20.0. The molecule has 0 aromatic heterocycles. The molecule has 0 radical (unpaired) electrons. The third-order valence-electron chi connectivity index (χ3n) is 4.76. The van der Waals surface area contributed by atoms with E-state index in [0.29, 0.717) is 11.3 Å².